The van der Waals surface area contributed by atoms with Crippen LogP contribution in [0, 0.1) is 96.8 Å². The Kier molecular flexibility index (Phi) is 32.1. The first-order valence-electron chi connectivity index (χ1n) is 40.4. The largest absolute Gasteiger partial charge is 0.494 e. The zero-order valence-electron chi connectivity index (χ0n) is 73.4. The molecule has 0 amide bonds. The van der Waals surface area contributed by atoms with Crippen molar-refractivity contribution in [2.75, 3.05) is 14.2 Å². The van der Waals surface area contributed by atoms with Gasteiger partial charge in [-0.3, -0.25) is 83.4 Å². The van der Waals surface area contributed by atoms with Crippen LogP contribution in [0.4, 0.5) is 0 Å². The third kappa shape index (κ3) is 21.6. The van der Waals surface area contributed by atoms with Gasteiger partial charge in [0.05, 0.1) is 104 Å². The maximum Gasteiger partial charge on any atom is 0.171 e. The van der Waals surface area contributed by atoms with Crippen LogP contribution in [0.25, 0.3) is 76.8 Å². The molecule has 14 aromatic rings. The number of methoxy groups -OCH3 is 2. The van der Waals surface area contributed by atoms with Crippen LogP contribution in [0.5, 0.6) is 11.5 Å². The van der Waals surface area contributed by atoms with Gasteiger partial charge in [0.1, 0.15) is 11.3 Å². The first-order chi connectivity index (χ1) is 56.5. The number of pyridine rings is 11. The fourth-order valence-corrected chi connectivity index (χ4v) is 13.4. The molecule has 0 N–H and O–H groups in total. The molecule has 0 radical (unpaired) electrons. The van der Waals surface area contributed by atoms with Gasteiger partial charge in [-0.1, -0.05) is 158 Å². The highest BCUT2D eigenvalue weighted by molar-refractivity contribution is 6.14. The van der Waals surface area contributed by atoms with Crippen molar-refractivity contribution in [2.24, 2.45) is 41.4 Å². The Morgan fingerprint density at radius 2 is 0.647 bits per heavy atom. The number of hydrogen-bond acceptors (Lipinski definition) is 20. The van der Waals surface area contributed by atoms with E-state index in [0.29, 0.717) is 61.3 Å². The molecule has 0 fully saturated rings. The van der Waals surface area contributed by atoms with E-state index in [1.165, 1.54) is 7.11 Å². The first-order valence-corrected chi connectivity index (χ1v) is 40.4. The second-order valence-electron chi connectivity index (χ2n) is 31.4. The predicted octanol–water partition coefficient (Wildman–Crippen LogP) is 22.1. The molecule has 0 bridgehead atoms. The van der Waals surface area contributed by atoms with Gasteiger partial charge in [0.25, 0.3) is 0 Å². The summed E-state index contributed by atoms with van der Waals surface area (Å²) >= 11 is 0. The van der Waals surface area contributed by atoms with E-state index in [4.69, 9.17) is 9.47 Å². The number of fused-ring (bicyclic) bond motifs is 7. The Morgan fingerprint density at radius 1 is 0.311 bits per heavy atom. The van der Waals surface area contributed by atoms with Crippen LogP contribution in [-0.2, 0) is 6.42 Å². The van der Waals surface area contributed by atoms with Crippen molar-refractivity contribution < 1.29 is 43.0 Å². The van der Waals surface area contributed by atoms with Crippen molar-refractivity contribution >= 4 is 117 Å². The monoisotopic (exact) mass is 1600 g/mol. The van der Waals surface area contributed by atoms with Gasteiger partial charge < -0.3 is 9.47 Å². The molecule has 119 heavy (non-hydrogen) atoms. The molecule has 0 aliphatic carbocycles. The molecule has 11 aromatic heterocycles. The van der Waals surface area contributed by atoms with Gasteiger partial charge in [-0.15, -0.1) is 0 Å². The summed E-state index contributed by atoms with van der Waals surface area (Å²) in [6.45, 7) is 44.2. The fraction of sp³-hybridized carbons (Fsp3) is 0.333. The Morgan fingerprint density at radius 3 is 1.10 bits per heavy atom. The molecule has 20 heteroatoms. The summed E-state index contributed by atoms with van der Waals surface area (Å²) < 4.78 is 10.6. The van der Waals surface area contributed by atoms with Crippen LogP contribution in [0.15, 0.2) is 165 Å². The maximum absolute atomic E-state index is 12.4. The van der Waals surface area contributed by atoms with Gasteiger partial charge in [-0.05, 0) is 157 Å². The molecule has 0 saturated carbocycles. The smallest absolute Gasteiger partial charge is 0.171 e. The zero-order chi connectivity index (χ0) is 87.5. The number of ether oxygens (including phenoxy) is 2. The summed E-state index contributed by atoms with van der Waals surface area (Å²) in [6.07, 6.45) is 10.9. The van der Waals surface area contributed by atoms with Gasteiger partial charge in [-0.2, -0.15) is 0 Å². The van der Waals surface area contributed by atoms with Crippen molar-refractivity contribution in [1.29, 1.82) is 0 Å². The summed E-state index contributed by atoms with van der Waals surface area (Å²) in [5, 5.41) is 2.80. The van der Waals surface area contributed by atoms with E-state index in [2.05, 4.69) is 61.7 Å². The second kappa shape index (κ2) is 41.5. The van der Waals surface area contributed by atoms with Crippen LogP contribution in [0.2, 0.25) is 0 Å². The van der Waals surface area contributed by atoms with E-state index in [-0.39, 0.29) is 81.9 Å². The minimum atomic E-state index is -0.100. The lowest BCUT2D eigenvalue weighted by Gasteiger charge is -2.14. The summed E-state index contributed by atoms with van der Waals surface area (Å²) in [6, 6.07) is 40.0. The SMILES string of the molecule is CCc1nc2ccccc2c(C(=O)C(C)C)c1C.COc1c(C)nc2ccccc2c1C(=O)C(C)C.COc1cnc2cccnc2c1C(=O)C(C)C.Cc1cc(C(=O)C(C)C)c2ncccc2n1.Cc1cnc2cccnc2c1C(=O)C(C)C.Cc1nc2ccccc2c(C(=O)C(C)C)c1C.Cc1nc2cccnc2c(C(=O)C(C)C)c1C. The summed E-state index contributed by atoms with van der Waals surface area (Å²) in [4.78, 5) is 134. The van der Waals surface area contributed by atoms with E-state index in [9.17, 15) is 33.6 Å². The van der Waals surface area contributed by atoms with Crippen molar-refractivity contribution in [3.63, 3.8) is 0 Å². The quantitative estimate of drug-likeness (QED) is 0.0766. The first kappa shape index (κ1) is 91.9. The number of Topliss-reactive ketones (excluding diaryl/α,β-unsaturated/α-hetero) is 7. The summed E-state index contributed by atoms with van der Waals surface area (Å²) in [5.41, 5.74) is 21.7. The molecule has 616 valence electrons. The average molecular weight is 1600 g/mol. The number of para-hydroxylation sites is 3. The topological polar surface area (TPSA) is 280 Å². The van der Waals surface area contributed by atoms with Crippen LogP contribution in [-0.4, -0.2) is 110 Å². The Bertz CT molecular complexity index is 6000. The van der Waals surface area contributed by atoms with Gasteiger partial charge in [0.15, 0.2) is 46.2 Å². The number of ketones is 7. The molecular weight excluding hydrogens is 1490 g/mol. The molecule has 14 rings (SSSR count). The number of benzene rings is 3. The van der Waals surface area contributed by atoms with E-state index in [1.54, 1.807) is 50.4 Å². The van der Waals surface area contributed by atoms with E-state index in [0.717, 1.165) is 123 Å². The van der Waals surface area contributed by atoms with Crippen LogP contribution < -0.4 is 9.47 Å². The summed E-state index contributed by atoms with van der Waals surface area (Å²) in [7, 11) is 3.11. The Hall–Kier alpha value is -12.6. The average Bonchev–Trinajstić information content (AvgIpc) is 0.785. The molecule has 3 aromatic carbocycles. The minimum absolute atomic E-state index is 0.0129. The third-order valence-corrected chi connectivity index (χ3v) is 20.1. The molecule has 0 aliphatic rings. The number of hydrogen-bond donors (Lipinski definition) is 0. The van der Waals surface area contributed by atoms with Crippen molar-refractivity contribution in [3.05, 3.63) is 254 Å². The number of aromatic nitrogens is 11. The van der Waals surface area contributed by atoms with E-state index >= 15 is 0 Å². The maximum atomic E-state index is 12.4. The Balaban J connectivity index is 0.000000173. The number of aryl methyl sites for hydroxylation is 6. The standard InChI is InChI=1S/C16H19NO.C15H17NO2.C15H17NO.C14H16N2O.C13H14N2O2.2C13H14N2O/c1-5-13-11(4)15(16(18)10(2)3)12-8-6-7-9-14(12)17-13;1-9(2)14(17)13-11-7-5-6-8-12(11)16-10(3)15(13)18-4;1-9(2)15(17)14-10(3)11(4)16-13-8-6-5-7-12(13)14;1-8(2)14(17)12-9(3)10(4)16-11-6-5-7-15-13(11)12;1-8(2)13(16)11-10(17-3)7-15-9-5-4-6-14-12(9)11;1-8(2)13(16)10-7-9(3)15-11-5-4-6-14-12(10)11;1-8(2)13(16)11-9(3)7-15-10-5-4-6-14-12(10)11/h6-10H,5H2,1-4H3;5-9H,1-4H3;5-9H,1-4H3;5-8H,1-4H3;4-8H,1-3H3;2*4-8H,1-3H3. The Labute approximate surface area is 698 Å². The summed E-state index contributed by atoms with van der Waals surface area (Å²) in [5.74, 6) is 1.76. The molecule has 0 spiro atoms. The van der Waals surface area contributed by atoms with Crippen molar-refractivity contribution in [2.45, 2.75) is 166 Å². The lowest BCUT2D eigenvalue weighted by molar-refractivity contribution is 0.0930. The molecular formula is C99H111N11O9. The fourth-order valence-electron chi connectivity index (χ4n) is 13.4. The van der Waals surface area contributed by atoms with E-state index in [1.807, 2.05) is 274 Å². The number of rotatable bonds is 17. The molecule has 20 nitrogen and oxygen atoms in total. The molecule has 0 aliphatic heterocycles. The molecule has 0 unspecified atom stereocenters. The molecule has 11 heterocycles. The molecule has 0 atom stereocenters. The van der Waals surface area contributed by atoms with Crippen molar-refractivity contribution in [3.8, 4) is 11.5 Å². The highest BCUT2D eigenvalue weighted by Crippen LogP contribution is 2.34. The normalized spacial score (nSPS) is 11.0. The number of carbonyl (C=O) groups is 7. The lowest BCUT2D eigenvalue weighted by Crippen LogP contribution is -2.12. The van der Waals surface area contributed by atoms with Crippen LogP contribution in [0.3, 0.4) is 0 Å². The van der Waals surface area contributed by atoms with Gasteiger partial charge in [-0.25, -0.2) is 4.98 Å². The number of nitrogens with zero attached hydrogens (tertiary/aromatic N) is 11. The second-order valence-corrected chi connectivity index (χ2v) is 31.4. The van der Waals surface area contributed by atoms with Gasteiger partial charge in [0, 0.05) is 128 Å². The van der Waals surface area contributed by atoms with E-state index < -0.39 is 0 Å². The van der Waals surface area contributed by atoms with Gasteiger partial charge in [0.2, 0.25) is 0 Å². The predicted molar refractivity (Wildman–Crippen MR) is 478 cm³/mol. The molecule has 0 saturated heterocycles. The van der Waals surface area contributed by atoms with Crippen LogP contribution in [0.1, 0.15) is 227 Å². The highest BCUT2D eigenvalue weighted by atomic mass is 16.5. The highest BCUT2D eigenvalue weighted by Gasteiger charge is 2.27. The minimum Gasteiger partial charge on any atom is -0.494 e. The zero-order valence-corrected chi connectivity index (χ0v) is 73.4. The third-order valence-electron chi connectivity index (χ3n) is 20.1. The van der Waals surface area contributed by atoms with Gasteiger partial charge >= 0.3 is 0 Å². The number of carbonyl (C=O) groups excluding carboxylic acids is 7. The van der Waals surface area contributed by atoms with Crippen LogP contribution >= 0.6 is 0 Å². The van der Waals surface area contributed by atoms with Crippen molar-refractivity contribution in [1.82, 2.24) is 54.8 Å². The lowest BCUT2D eigenvalue weighted by atomic mass is 9.92.